The minimum absolute atomic E-state index is 0.182. The number of nitrogens with zero attached hydrogens (tertiary/aromatic N) is 1. The van der Waals surface area contributed by atoms with Crippen molar-refractivity contribution in [2.45, 2.75) is 13.5 Å². The molecule has 5 N–H and O–H groups in total. The number of anilines is 1. The molecule has 1 amide bonds. The number of H-pyrrole nitrogens is 1. The topological polar surface area (TPSA) is 89.8 Å². The number of nitrogen functional groups attached to an aromatic ring is 1. The molecule has 0 bridgehead atoms. The standard InChI is InChI=1S/C6H10N4OS/c1-2-10-4(7)3(5(8)11)9-6(10)12/h2,7H2,1H3,(H2,8,11)(H,9,12). The molecule has 0 aliphatic heterocycles. The fraction of sp³-hybridized carbons (Fsp3) is 0.333. The third kappa shape index (κ3) is 1.20. The molecule has 1 rings (SSSR count). The van der Waals surface area contributed by atoms with Crippen molar-refractivity contribution in [3.05, 3.63) is 10.5 Å². The summed E-state index contributed by atoms with van der Waals surface area (Å²) in [6.45, 7) is 2.50. The first kappa shape index (κ1) is 8.79. The molecule has 1 heterocycles. The van der Waals surface area contributed by atoms with Crippen LogP contribution < -0.4 is 11.5 Å². The lowest BCUT2D eigenvalue weighted by molar-refractivity contribution is 0.0997. The van der Waals surface area contributed by atoms with Gasteiger partial charge in [0.1, 0.15) is 11.5 Å². The molecule has 0 radical (unpaired) electrons. The van der Waals surface area contributed by atoms with Crippen LogP contribution in [0.25, 0.3) is 0 Å². The highest BCUT2D eigenvalue weighted by Gasteiger charge is 2.11. The Bertz CT molecular complexity index is 364. The van der Waals surface area contributed by atoms with Crippen molar-refractivity contribution in [1.82, 2.24) is 9.55 Å². The number of primary amides is 1. The number of hydrogen-bond donors (Lipinski definition) is 3. The van der Waals surface area contributed by atoms with Crippen molar-refractivity contribution in [2.24, 2.45) is 5.73 Å². The van der Waals surface area contributed by atoms with Gasteiger partial charge < -0.3 is 21.0 Å². The third-order valence-corrected chi connectivity index (χ3v) is 1.91. The van der Waals surface area contributed by atoms with Crippen molar-refractivity contribution in [3.63, 3.8) is 0 Å². The lowest BCUT2D eigenvalue weighted by Crippen LogP contribution is -2.14. The predicted octanol–water partition coefficient (Wildman–Crippen LogP) is 0.247. The average molecular weight is 186 g/mol. The Balaban J connectivity index is 3.36. The number of rotatable bonds is 2. The van der Waals surface area contributed by atoms with Gasteiger partial charge in [-0.3, -0.25) is 4.79 Å². The smallest absolute Gasteiger partial charge is 0.268 e. The van der Waals surface area contributed by atoms with Crippen molar-refractivity contribution < 1.29 is 4.79 Å². The lowest BCUT2D eigenvalue weighted by Gasteiger charge is -1.98. The summed E-state index contributed by atoms with van der Waals surface area (Å²) >= 11 is 4.90. The molecule has 0 atom stereocenters. The number of nitrogens with two attached hydrogens (primary N) is 2. The molecule has 1 aromatic heterocycles. The van der Waals surface area contributed by atoms with Gasteiger partial charge >= 0.3 is 0 Å². The van der Waals surface area contributed by atoms with Crippen LogP contribution in [0.1, 0.15) is 17.4 Å². The van der Waals surface area contributed by atoms with Gasteiger partial charge in [-0.2, -0.15) is 0 Å². The summed E-state index contributed by atoms with van der Waals surface area (Å²) in [5, 5.41) is 0. The van der Waals surface area contributed by atoms with Crippen molar-refractivity contribution in [1.29, 1.82) is 0 Å². The Morgan fingerprint density at radius 3 is 2.58 bits per heavy atom. The number of carbonyl (C=O) groups excluding carboxylic acids is 1. The van der Waals surface area contributed by atoms with Crippen molar-refractivity contribution in [2.75, 3.05) is 5.73 Å². The number of amides is 1. The summed E-state index contributed by atoms with van der Waals surface area (Å²) in [6.07, 6.45) is 0. The first-order chi connectivity index (χ1) is 5.57. The van der Waals surface area contributed by atoms with E-state index in [9.17, 15) is 4.79 Å². The molecule has 0 fully saturated rings. The molecular weight excluding hydrogens is 176 g/mol. The molecule has 0 unspecified atom stereocenters. The minimum atomic E-state index is -0.592. The average Bonchev–Trinajstić information content (AvgIpc) is 2.27. The van der Waals surface area contributed by atoms with Gasteiger partial charge in [0, 0.05) is 6.54 Å². The molecule has 0 aromatic carbocycles. The van der Waals surface area contributed by atoms with Crippen LogP contribution in [0.5, 0.6) is 0 Å². The Hall–Kier alpha value is -1.30. The number of imidazole rings is 1. The zero-order valence-electron chi connectivity index (χ0n) is 6.63. The number of nitrogens with one attached hydrogen (secondary N) is 1. The largest absolute Gasteiger partial charge is 0.383 e. The quantitative estimate of drug-likeness (QED) is 0.578. The molecule has 0 aliphatic carbocycles. The summed E-state index contributed by atoms with van der Waals surface area (Å²) in [4.78, 5) is 13.4. The summed E-state index contributed by atoms with van der Waals surface area (Å²) in [5.41, 5.74) is 10.8. The highest BCUT2D eigenvalue weighted by atomic mass is 32.1. The van der Waals surface area contributed by atoms with E-state index in [1.165, 1.54) is 0 Å². The van der Waals surface area contributed by atoms with Crippen LogP contribution >= 0.6 is 12.2 Å². The van der Waals surface area contributed by atoms with Gasteiger partial charge in [-0.15, -0.1) is 0 Å². The summed E-state index contributed by atoms with van der Waals surface area (Å²) < 4.78 is 2.03. The van der Waals surface area contributed by atoms with E-state index in [0.717, 1.165) is 0 Å². The van der Waals surface area contributed by atoms with Crippen LogP contribution in [0.4, 0.5) is 5.82 Å². The summed E-state index contributed by atoms with van der Waals surface area (Å²) in [7, 11) is 0. The molecular formula is C6H10N4OS. The molecule has 0 aliphatic rings. The SMILES string of the molecule is CCn1c(N)c(C(N)=O)[nH]c1=S. The predicted molar refractivity (Wildman–Crippen MR) is 48.2 cm³/mol. The maximum absolute atomic E-state index is 10.8. The second kappa shape index (κ2) is 2.98. The maximum Gasteiger partial charge on any atom is 0.268 e. The van der Waals surface area contributed by atoms with Crippen molar-refractivity contribution in [3.8, 4) is 0 Å². The van der Waals surface area contributed by atoms with E-state index < -0.39 is 5.91 Å². The highest BCUT2D eigenvalue weighted by molar-refractivity contribution is 7.71. The molecule has 66 valence electrons. The van der Waals surface area contributed by atoms with Gasteiger partial charge in [0.25, 0.3) is 5.91 Å². The normalized spacial score (nSPS) is 10.1. The Labute approximate surface area is 74.4 Å². The molecule has 0 spiro atoms. The first-order valence-electron chi connectivity index (χ1n) is 3.46. The van der Waals surface area contributed by atoms with E-state index in [1.807, 2.05) is 6.92 Å². The molecule has 0 saturated heterocycles. The van der Waals surface area contributed by atoms with Crippen LogP contribution in [0.15, 0.2) is 0 Å². The maximum atomic E-state index is 10.8. The first-order valence-corrected chi connectivity index (χ1v) is 3.86. The Morgan fingerprint density at radius 1 is 1.75 bits per heavy atom. The minimum Gasteiger partial charge on any atom is -0.383 e. The van der Waals surface area contributed by atoms with Crippen LogP contribution in [-0.2, 0) is 6.54 Å². The van der Waals surface area contributed by atoms with Gasteiger partial charge in [-0.1, -0.05) is 0 Å². The van der Waals surface area contributed by atoms with Gasteiger partial charge in [0.05, 0.1) is 0 Å². The Morgan fingerprint density at radius 2 is 2.33 bits per heavy atom. The zero-order valence-corrected chi connectivity index (χ0v) is 7.44. The fourth-order valence-corrected chi connectivity index (χ4v) is 1.31. The van der Waals surface area contributed by atoms with Gasteiger partial charge in [-0.25, -0.2) is 0 Å². The van der Waals surface area contributed by atoms with Crippen LogP contribution in [0.3, 0.4) is 0 Å². The van der Waals surface area contributed by atoms with E-state index in [2.05, 4.69) is 4.98 Å². The van der Waals surface area contributed by atoms with E-state index in [1.54, 1.807) is 4.57 Å². The highest BCUT2D eigenvalue weighted by Crippen LogP contribution is 2.10. The summed E-state index contributed by atoms with van der Waals surface area (Å²) in [5.74, 6) is -0.291. The number of carbonyl (C=O) groups is 1. The molecule has 0 saturated carbocycles. The number of aromatic nitrogens is 2. The third-order valence-electron chi connectivity index (χ3n) is 1.59. The monoisotopic (exact) mass is 186 g/mol. The molecule has 5 nitrogen and oxygen atoms in total. The van der Waals surface area contributed by atoms with Gasteiger partial charge in [-0.05, 0) is 19.1 Å². The summed E-state index contributed by atoms with van der Waals surface area (Å²) in [6, 6.07) is 0. The van der Waals surface area contributed by atoms with Crippen LogP contribution in [-0.4, -0.2) is 15.5 Å². The zero-order chi connectivity index (χ0) is 9.30. The van der Waals surface area contributed by atoms with Crippen LogP contribution in [0, 0.1) is 4.77 Å². The van der Waals surface area contributed by atoms with Crippen LogP contribution in [0.2, 0.25) is 0 Å². The number of hydrogen-bond acceptors (Lipinski definition) is 3. The second-order valence-corrected chi connectivity index (χ2v) is 2.69. The van der Waals surface area contributed by atoms with Gasteiger partial charge in [0.2, 0.25) is 0 Å². The Kier molecular flexibility index (Phi) is 2.18. The van der Waals surface area contributed by atoms with E-state index in [4.69, 9.17) is 23.7 Å². The van der Waals surface area contributed by atoms with Gasteiger partial charge in [0.15, 0.2) is 4.77 Å². The van der Waals surface area contributed by atoms with E-state index in [0.29, 0.717) is 17.1 Å². The second-order valence-electron chi connectivity index (χ2n) is 2.30. The van der Waals surface area contributed by atoms with E-state index in [-0.39, 0.29) is 5.69 Å². The van der Waals surface area contributed by atoms with E-state index >= 15 is 0 Å². The molecule has 1 aromatic rings. The molecule has 6 heteroatoms. The lowest BCUT2D eigenvalue weighted by atomic mass is 10.4. The molecule has 12 heavy (non-hydrogen) atoms. The fourth-order valence-electron chi connectivity index (χ4n) is 0.985. The van der Waals surface area contributed by atoms with Crippen molar-refractivity contribution >= 4 is 23.9 Å². The number of aromatic amines is 1.